The monoisotopic (exact) mass is 389 g/mol. The molecule has 1 atom stereocenters. The predicted octanol–water partition coefficient (Wildman–Crippen LogP) is 3.38. The van der Waals surface area contributed by atoms with E-state index in [1.54, 1.807) is 18.2 Å². The minimum atomic E-state index is -4.48. The molecule has 5 nitrogen and oxygen atoms in total. The first-order chi connectivity index (χ1) is 13.3. The van der Waals surface area contributed by atoms with Gasteiger partial charge in [0.2, 0.25) is 5.91 Å². The van der Waals surface area contributed by atoms with E-state index in [1.807, 2.05) is 0 Å². The maximum atomic E-state index is 12.8. The van der Waals surface area contributed by atoms with Gasteiger partial charge in [-0.3, -0.25) is 14.6 Å². The van der Waals surface area contributed by atoms with Crippen LogP contribution in [0.2, 0.25) is 0 Å². The second kappa shape index (κ2) is 6.92. The van der Waals surface area contributed by atoms with Gasteiger partial charge in [-0.15, -0.1) is 0 Å². The van der Waals surface area contributed by atoms with E-state index in [9.17, 15) is 22.8 Å². The molecule has 8 heteroatoms. The lowest BCUT2D eigenvalue weighted by Gasteiger charge is -2.13. The van der Waals surface area contributed by atoms with Crippen LogP contribution in [0.5, 0.6) is 0 Å². The molecule has 1 amide bonds. The molecule has 0 radical (unpaired) electrons. The van der Waals surface area contributed by atoms with Crippen LogP contribution in [0.25, 0.3) is 5.57 Å². The molecule has 2 aromatic rings. The Bertz CT molecular complexity index is 989. The standard InChI is InChI=1S/C20H18F3N3O2/c21-20(22,23)12-3-6-16(24-10-12)15(9-13-4-8-18(27)25-13)17-7-5-14(11-1-2-11)19(28)26-17/h3,5-7,9-11,13H,1-2,4,8H2,(H,25,27)(H,26,28)/t13-/m1/s1. The molecule has 0 unspecified atom stereocenters. The van der Waals surface area contributed by atoms with E-state index in [0.717, 1.165) is 30.7 Å². The normalized spacial score (nSPS) is 20.3. The highest BCUT2D eigenvalue weighted by Gasteiger charge is 2.31. The Morgan fingerprint density at radius 2 is 1.89 bits per heavy atom. The lowest BCUT2D eigenvalue weighted by molar-refractivity contribution is -0.137. The van der Waals surface area contributed by atoms with E-state index in [0.29, 0.717) is 29.8 Å². The van der Waals surface area contributed by atoms with Gasteiger partial charge < -0.3 is 10.3 Å². The number of nitrogens with zero attached hydrogens (tertiary/aromatic N) is 1. The third-order valence-corrected chi connectivity index (χ3v) is 5.01. The Balaban J connectivity index is 1.74. The summed E-state index contributed by atoms with van der Waals surface area (Å²) in [7, 11) is 0. The Labute approximate surface area is 158 Å². The first-order valence-electron chi connectivity index (χ1n) is 9.09. The number of amides is 1. The van der Waals surface area contributed by atoms with Gasteiger partial charge in [0.05, 0.1) is 17.0 Å². The van der Waals surface area contributed by atoms with Crippen molar-refractivity contribution in [3.63, 3.8) is 0 Å². The summed E-state index contributed by atoms with van der Waals surface area (Å²) in [6, 6.07) is 5.48. The summed E-state index contributed by atoms with van der Waals surface area (Å²) in [4.78, 5) is 30.7. The zero-order valence-electron chi connectivity index (χ0n) is 14.8. The Hall–Kier alpha value is -2.90. The molecule has 146 valence electrons. The quantitative estimate of drug-likeness (QED) is 0.842. The highest BCUT2D eigenvalue weighted by molar-refractivity contribution is 5.81. The van der Waals surface area contributed by atoms with Gasteiger partial charge in [-0.1, -0.05) is 12.1 Å². The molecular weight excluding hydrogens is 371 g/mol. The molecule has 2 fully saturated rings. The number of aromatic amines is 1. The van der Waals surface area contributed by atoms with Crippen molar-refractivity contribution in [1.82, 2.24) is 15.3 Å². The molecule has 1 saturated heterocycles. The van der Waals surface area contributed by atoms with Crippen molar-refractivity contribution < 1.29 is 18.0 Å². The molecule has 1 aliphatic carbocycles. The van der Waals surface area contributed by atoms with E-state index in [1.165, 1.54) is 6.07 Å². The average Bonchev–Trinajstić information content (AvgIpc) is 3.40. The van der Waals surface area contributed by atoms with Gasteiger partial charge in [-0.2, -0.15) is 13.2 Å². The van der Waals surface area contributed by atoms with Crippen molar-refractivity contribution in [2.75, 3.05) is 0 Å². The molecule has 3 heterocycles. The van der Waals surface area contributed by atoms with E-state index in [2.05, 4.69) is 15.3 Å². The van der Waals surface area contributed by atoms with Gasteiger partial charge in [0.25, 0.3) is 5.56 Å². The van der Waals surface area contributed by atoms with Gasteiger partial charge >= 0.3 is 6.18 Å². The molecule has 4 rings (SSSR count). The molecule has 0 bridgehead atoms. The minimum absolute atomic E-state index is 0.0847. The Kier molecular flexibility index (Phi) is 4.56. The largest absolute Gasteiger partial charge is 0.417 e. The summed E-state index contributed by atoms with van der Waals surface area (Å²) in [6.07, 6.45) is 0.962. The minimum Gasteiger partial charge on any atom is -0.350 e. The van der Waals surface area contributed by atoms with Crippen molar-refractivity contribution in [3.05, 3.63) is 69.4 Å². The van der Waals surface area contributed by atoms with Crippen LogP contribution in [0.1, 0.15) is 54.1 Å². The van der Waals surface area contributed by atoms with Gasteiger partial charge in [-0.05, 0) is 43.4 Å². The third-order valence-electron chi connectivity index (χ3n) is 5.01. The summed E-state index contributed by atoms with van der Waals surface area (Å²) >= 11 is 0. The Morgan fingerprint density at radius 3 is 2.43 bits per heavy atom. The molecule has 28 heavy (non-hydrogen) atoms. The Morgan fingerprint density at radius 1 is 1.11 bits per heavy atom. The van der Waals surface area contributed by atoms with Crippen molar-refractivity contribution in [3.8, 4) is 0 Å². The van der Waals surface area contributed by atoms with E-state index in [-0.39, 0.29) is 23.4 Å². The fourth-order valence-corrected chi connectivity index (χ4v) is 3.36. The highest BCUT2D eigenvalue weighted by Crippen LogP contribution is 2.38. The SMILES string of the molecule is O=C1CC[C@H](C=C(c2ccc(C(F)(F)F)cn2)c2ccc(C3CC3)c(=O)[nH]2)N1. The van der Waals surface area contributed by atoms with Crippen LogP contribution >= 0.6 is 0 Å². The lowest BCUT2D eigenvalue weighted by atomic mass is 10.0. The number of halogens is 3. The van der Waals surface area contributed by atoms with Crippen molar-refractivity contribution in [1.29, 1.82) is 0 Å². The smallest absolute Gasteiger partial charge is 0.350 e. The van der Waals surface area contributed by atoms with E-state index < -0.39 is 11.7 Å². The van der Waals surface area contributed by atoms with E-state index in [4.69, 9.17) is 0 Å². The van der Waals surface area contributed by atoms with Crippen molar-refractivity contribution in [2.24, 2.45) is 0 Å². The molecule has 0 aromatic carbocycles. The predicted molar refractivity (Wildman–Crippen MR) is 96.5 cm³/mol. The highest BCUT2D eigenvalue weighted by atomic mass is 19.4. The number of alkyl halides is 3. The number of rotatable bonds is 4. The summed E-state index contributed by atoms with van der Waals surface area (Å²) in [5.74, 6) is 0.196. The molecule has 1 aliphatic heterocycles. The van der Waals surface area contributed by atoms with Crippen molar-refractivity contribution >= 4 is 11.5 Å². The van der Waals surface area contributed by atoms with Crippen LogP contribution in [0.3, 0.4) is 0 Å². The number of H-pyrrole nitrogens is 1. The first-order valence-corrected chi connectivity index (χ1v) is 9.09. The summed E-state index contributed by atoms with van der Waals surface area (Å²) in [5.41, 5.74) is 0.917. The van der Waals surface area contributed by atoms with Crippen molar-refractivity contribution in [2.45, 2.75) is 43.8 Å². The fourth-order valence-electron chi connectivity index (χ4n) is 3.36. The number of nitrogens with one attached hydrogen (secondary N) is 2. The van der Waals surface area contributed by atoms with Gasteiger partial charge in [0.1, 0.15) is 0 Å². The molecule has 0 spiro atoms. The van der Waals surface area contributed by atoms with Crippen LogP contribution in [0.15, 0.2) is 41.3 Å². The summed E-state index contributed by atoms with van der Waals surface area (Å²) in [5, 5.41) is 2.80. The molecule has 2 N–H and O–H groups in total. The third kappa shape index (κ3) is 3.85. The fraction of sp³-hybridized carbons (Fsp3) is 0.350. The molecule has 2 aromatic heterocycles. The van der Waals surface area contributed by atoms with Crippen LogP contribution in [0.4, 0.5) is 13.2 Å². The lowest BCUT2D eigenvalue weighted by Crippen LogP contribution is -2.24. The molecule has 2 aliphatic rings. The van der Waals surface area contributed by atoms with Crippen LogP contribution in [-0.2, 0) is 11.0 Å². The average molecular weight is 389 g/mol. The van der Waals surface area contributed by atoms with Crippen LogP contribution < -0.4 is 10.9 Å². The second-order valence-corrected chi connectivity index (χ2v) is 7.15. The molecule has 1 saturated carbocycles. The number of carbonyl (C=O) groups is 1. The second-order valence-electron chi connectivity index (χ2n) is 7.15. The summed E-state index contributed by atoms with van der Waals surface area (Å²) < 4.78 is 38.5. The maximum Gasteiger partial charge on any atom is 0.417 e. The zero-order chi connectivity index (χ0) is 19.9. The number of pyridine rings is 2. The number of hydrogen-bond acceptors (Lipinski definition) is 3. The first kappa shape index (κ1) is 18.5. The van der Waals surface area contributed by atoms with Gasteiger partial charge in [0, 0.05) is 29.8 Å². The number of carbonyl (C=O) groups excluding carboxylic acids is 1. The maximum absolute atomic E-state index is 12.8. The topological polar surface area (TPSA) is 74.8 Å². The number of hydrogen-bond donors (Lipinski definition) is 2. The van der Waals surface area contributed by atoms with Gasteiger partial charge in [-0.25, -0.2) is 0 Å². The van der Waals surface area contributed by atoms with E-state index >= 15 is 0 Å². The number of aromatic nitrogens is 2. The van der Waals surface area contributed by atoms with Crippen LogP contribution in [0, 0.1) is 0 Å². The van der Waals surface area contributed by atoms with Gasteiger partial charge in [0.15, 0.2) is 0 Å². The van der Waals surface area contributed by atoms with Crippen LogP contribution in [-0.4, -0.2) is 21.9 Å². The zero-order valence-corrected chi connectivity index (χ0v) is 14.8. The molecular formula is C20H18F3N3O2. The summed E-state index contributed by atoms with van der Waals surface area (Å²) in [6.45, 7) is 0.